The Kier molecular flexibility index (Phi) is 3.46. The van der Waals surface area contributed by atoms with E-state index in [1.807, 2.05) is 0 Å². The highest BCUT2D eigenvalue weighted by molar-refractivity contribution is 8.00. The Morgan fingerprint density at radius 2 is 2.39 bits per heavy atom. The van der Waals surface area contributed by atoms with Crippen LogP contribution in [-0.4, -0.2) is 52.8 Å². The Labute approximate surface area is 107 Å². The molecule has 0 spiro atoms. The van der Waals surface area contributed by atoms with E-state index in [2.05, 4.69) is 5.32 Å². The monoisotopic (exact) mass is 272 g/mol. The number of carbonyl (C=O) groups excluding carboxylic acids is 2. The lowest BCUT2D eigenvalue weighted by Crippen LogP contribution is -2.62. The van der Waals surface area contributed by atoms with Gasteiger partial charge in [0.25, 0.3) is 0 Å². The predicted molar refractivity (Wildman–Crippen MR) is 62.7 cm³/mol. The van der Waals surface area contributed by atoms with Crippen LogP contribution in [0.1, 0.15) is 0 Å². The summed E-state index contributed by atoms with van der Waals surface area (Å²) in [6.45, 7) is -0.0282. The molecule has 0 aliphatic carbocycles. The lowest BCUT2D eigenvalue weighted by Gasteiger charge is -2.47. The molecule has 0 aromatic carbocycles. The molecule has 98 valence electrons. The van der Waals surface area contributed by atoms with Crippen LogP contribution in [0.4, 0.5) is 4.79 Å². The molecular formula is C10H12N2O5S. The second kappa shape index (κ2) is 4.89. The van der Waals surface area contributed by atoms with Gasteiger partial charge >= 0.3 is 12.1 Å². The second-order valence-corrected chi connectivity index (χ2v) is 4.93. The van der Waals surface area contributed by atoms with Gasteiger partial charge in [0.05, 0.1) is 5.37 Å². The quantitative estimate of drug-likeness (QED) is 0.693. The van der Waals surface area contributed by atoms with Crippen molar-refractivity contribution in [2.24, 2.45) is 5.92 Å². The van der Waals surface area contributed by atoms with Gasteiger partial charge in [-0.15, -0.1) is 11.8 Å². The third-order valence-corrected chi connectivity index (χ3v) is 4.01. The first-order valence-electron chi connectivity index (χ1n) is 5.29. The summed E-state index contributed by atoms with van der Waals surface area (Å²) in [6.07, 6.45) is 0.910. The van der Waals surface area contributed by atoms with Gasteiger partial charge in [0.15, 0.2) is 0 Å². The zero-order valence-electron chi connectivity index (χ0n) is 9.58. The highest BCUT2D eigenvalue weighted by Gasteiger charge is 2.52. The van der Waals surface area contributed by atoms with Crippen molar-refractivity contribution in [2.45, 2.75) is 5.37 Å². The number of carbonyl (C=O) groups is 3. The summed E-state index contributed by atoms with van der Waals surface area (Å²) in [5.74, 6) is -1.36. The summed E-state index contributed by atoms with van der Waals surface area (Å²) in [5.41, 5.74) is 0.0138. The van der Waals surface area contributed by atoms with Gasteiger partial charge in [-0.3, -0.25) is 9.69 Å². The maximum Gasteiger partial charge on any atom is 0.406 e. The van der Waals surface area contributed by atoms with Crippen molar-refractivity contribution in [1.82, 2.24) is 10.2 Å². The molecule has 2 N–H and O–H groups in total. The molecule has 2 aliphatic heterocycles. The number of fused-ring (bicyclic) bond motifs is 1. The molecule has 1 saturated heterocycles. The highest BCUT2D eigenvalue weighted by Crippen LogP contribution is 2.41. The van der Waals surface area contributed by atoms with Crippen LogP contribution in [0.3, 0.4) is 0 Å². The number of carboxylic acids is 1. The number of nitrogens with zero attached hydrogens (tertiary/aromatic N) is 1. The minimum absolute atomic E-state index is 0.0138. The number of β-lactam (4-membered cyclic amide) rings is 1. The van der Waals surface area contributed by atoms with Crippen molar-refractivity contribution in [3.05, 3.63) is 11.8 Å². The summed E-state index contributed by atoms with van der Waals surface area (Å²) in [6, 6.07) is 0. The van der Waals surface area contributed by atoms with Gasteiger partial charge in [-0.1, -0.05) is 0 Å². The number of ether oxygens (including phenoxy) is 1. The minimum Gasteiger partial charge on any atom is -0.477 e. The summed E-state index contributed by atoms with van der Waals surface area (Å²) < 4.78 is 4.83. The largest absolute Gasteiger partial charge is 0.477 e. The number of hydrogen-bond donors (Lipinski definition) is 2. The Hall–Kier alpha value is -1.70. The molecule has 8 heteroatoms. The fourth-order valence-corrected chi connectivity index (χ4v) is 3.12. The molecule has 2 atom stereocenters. The van der Waals surface area contributed by atoms with Gasteiger partial charge in [0.1, 0.15) is 18.2 Å². The van der Waals surface area contributed by atoms with Crippen molar-refractivity contribution >= 4 is 29.7 Å². The van der Waals surface area contributed by atoms with Crippen LogP contribution in [0, 0.1) is 5.92 Å². The molecule has 1 fully saturated rings. The molecule has 0 aromatic heterocycles. The molecule has 0 saturated carbocycles. The fourth-order valence-electron chi connectivity index (χ4n) is 1.88. The molecule has 18 heavy (non-hydrogen) atoms. The first kappa shape index (κ1) is 12.7. The molecule has 1 unspecified atom stereocenters. The first-order valence-corrected chi connectivity index (χ1v) is 6.33. The lowest BCUT2D eigenvalue weighted by atomic mass is 9.97. The molecule has 2 aliphatic rings. The average Bonchev–Trinajstić information content (AvgIpc) is 2.37. The molecule has 2 rings (SSSR count). The fraction of sp³-hybridized carbons (Fsp3) is 0.500. The summed E-state index contributed by atoms with van der Waals surface area (Å²) in [5, 5.41) is 11.0. The Morgan fingerprint density at radius 1 is 1.67 bits per heavy atom. The highest BCUT2D eigenvalue weighted by atomic mass is 32.2. The number of alkyl carbamates (subject to hydrolysis) is 1. The van der Waals surface area contributed by atoms with Crippen LogP contribution in [0.2, 0.25) is 0 Å². The van der Waals surface area contributed by atoms with E-state index in [-0.39, 0.29) is 23.6 Å². The Morgan fingerprint density at radius 3 is 3.00 bits per heavy atom. The molecule has 2 amide bonds. The van der Waals surface area contributed by atoms with Crippen LogP contribution in [0.15, 0.2) is 11.8 Å². The van der Waals surface area contributed by atoms with Crippen LogP contribution < -0.4 is 5.32 Å². The molecule has 2 heterocycles. The number of thioether (sulfide) groups is 1. The van der Waals surface area contributed by atoms with Gasteiger partial charge in [0.2, 0.25) is 5.91 Å². The van der Waals surface area contributed by atoms with E-state index in [4.69, 9.17) is 9.84 Å². The number of amides is 2. The van der Waals surface area contributed by atoms with Gasteiger partial charge < -0.3 is 15.2 Å². The standard InChI is InChI=1S/C10H12N2O5S/c1-11-10(16)17-4-5-7(13)12-6(9(14)15)2-3-18-8(5)12/h2,5,8H,3-4H2,1H3,(H,11,16)(H,14,15)/t5?,8-/m0/s1. The summed E-state index contributed by atoms with van der Waals surface area (Å²) in [4.78, 5) is 34.9. The van der Waals surface area contributed by atoms with Crippen LogP contribution in [-0.2, 0) is 14.3 Å². The van der Waals surface area contributed by atoms with E-state index in [9.17, 15) is 14.4 Å². The van der Waals surface area contributed by atoms with E-state index in [0.29, 0.717) is 5.75 Å². The maximum atomic E-state index is 11.8. The van der Waals surface area contributed by atoms with Gasteiger partial charge in [-0.25, -0.2) is 9.59 Å². The van der Waals surface area contributed by atoms with Crippen LogP contribution in [0.25, 0.3) is 0 Å². The van der Waals surface area contributed by atoms with Crippen molar-refractivity contribution in [1.29, 1.82) is 0 Å². The third-order valence-electron chi connectivity index (χ3n) is 2.77. The summed E-state index contributed by atoms with van der Waals surface area (Å²) >= 11 is 1.46. The van der Waals surface area contributed by atoms with Crippen molar-refractivity contribution in [2.75, 3.05) is 19.4 Å². The normalized spacial score (nSPS) is 25.7. The zero-order valence-corrected chi connectivity index (χ0v) is 10.4. The second-order valence-electron chi connectivity index (χ2n) is 3.78. The van der Waals surface area contributed by atoms with Gasteiger partial charge in [0, 0.05) is 12.8 Å². The third kappa shape index (κ3) is 2.03. The van der Waals surface area contributed by atoms with Crippen LogP contribution in [0.5, 0.6) is 0 Å². The average molecular weight is 272 g/mol. The minimum atomic E-state index is -1.11. The Balaban J connectivity index is 2.00. The van der Waals surface area contributed by atoms with Gasteiger partial charge in [-0.05, 0) is 6.08 Å². The smallest absolute Gasteiger partial charge is 0.406 e. The van der Waals surface area contributed by atoms with Crippen molar-refractivity contribution < 1.29 is 24.2 Å². The molecular weight excluding hydrogens is 260 g/mol. The maximum absolute atomic E-state index is 11.8. The first-order chi connectivity index (χ1) is 8.56. The number of nitrogens with one attached hydrogen (secondary N) is 1. The lowest BCUT2D eigenvalue weighted by molar-refractivity contribution is -0.154. The van der Waals surface area contributed by atoms with E-state index < -0.39 is 18.0 Å². The SMILES string of the molecule is CNC(=O)OCC1C(=O)N2C(C(=O)O)=CCS[C@@H]12. The number of rotatable bonds is 3. The van der Waals surface area contributed by atoms with Crippen molar-refractivity contribution in [3.63, 3.8) is 0 Å². The van der Waals surface area contributed by atoms with Gasteiger partial charge in [-0.2, -0.15) is 0 Å². The van der Waals surface area contributed by atoms with Crippen LogP contribution >= 0.6 is 11.8 Å². The molecule has 7 nitrogen and oxygen atoms in total. The zero-order chi connectivity index (χ0) is 13.3. The number of aliphatic carboxylic acids is 1. The van der Waals surface area contributed by atoms with E-state index in [1.54, 1.807) is 0 Å². The molecule has 0 bridgehead atoms. The number of carboxylic acid groups (broad SMARTS) is 1. The molecule has 0 radical (unpaired) electrons. The van der Waals surface area contributed by atoms with E-state index >= 15 is 0 Å². The molecule has 0 aromatic rings. The topological polar surface area (TPSA) is 95.9 Å². The van der Waals surface area contributed by atoms with E-state index in [0.717, 1.165) is 0 Å². The van der Waals surface area contributed by atoms with E-state index in [1.165, 1.54) is 29.8 Å². The predicted octanol–water partition coefficient (Wildman–Crippen LogP) is -0.158. The summed E-state index contributed by atoms with van der Waals surface area (Å²) in [7, 11) is 1.43. The number of hydrogen-bond acceptors (Lipinski definition) is 5. The Bertz CT molecular complexity index is 436. The van der Waals surface area contributed by atoms with Crippen molar-refractivity contribution in [3.8, 4) is 0 Å².